The van der Waals surface area contributed by atoms with Crippen LogP contribution in [0, 0.1) is 6.92 Å². The zero-order chi connectivity index (χ0) is 24.4. The average Bonchev–Trinajstić information content (AvgIpc) is 3.53. The van der Waals surface area contributed by atoms with Gasteiger partial charge in [0.05, 0.1) is 26.0 Å². The van der Waals surface area contributed by atoms with Crippen molar-refractivity contribution in [3.8, 4) is 17.2 Å². The first-order chi connectivity index (χ1) is 17.1. The molecule has 7 heteroatoms. The van der Waals surface area contributed by atoms with Crippen LogP contribution in [0.25, 0.3) is 5.65 Å². The van der Waals surface area contributed by atoms with Crippen LogP contribution in [-0.4, -0.2) is 41.0 Å². The predicted molar refractivity (Wildman–Crippen MR) is 133 cm³/mol. The number of likely N-dealkylation sites (tertiary alicyclic amines) is 1. The first kappa shape index (κ1) is 22.8. The number of methoxy groups -OCH3 is 2. The summed E-state index contributed by atoms with van der Waals surface area (Å²) >= 11 is 0. The SMILES string of the molecule is COc1ccc(OC)c(C2CCCN2C(=O)c2ccc(OCc3cn4cc(C)ccc4n3)cc2)c1. The predicted octanol–water partition coefficient (Wildman–Crippen LogP) is 5.22. The van der Waals surface area contributed by atoms with Crippen LogP contribution in [0.15, 0.2) is 67.0 Å². The lowest BCUT2D eigenvalue weighted by atomic mass is 10.0. The van der Waals surface area contributed by atoms with Gasteiger partial charge in [0.1, 0.15) is 29.5 Å². The number of fused-ring (bicyclic) bond motifs is 1. The van der Waals surface area contributed by atoms with Gasteiger partial charge in [-0.25, -0.2) is 4.98 Å². The summed E-state index contributed by atoms with van der Waals surface area (Å²) in [5, 5.41) is 0. The highest BCUT2D eigenvalue weighted by Crippen LogP contribution is 2.39. The summed E-state index contributed by atoms with van der Waals surface area (Å²) in [5.74, 6) is 2.21. The molecule has 35 heavy (non-hydrogen) atoms. The molecule has 1 fully saturated rings. The van der Waals surface area contributed by atoms with Crippen molar-refractivity contribution < 1.29 is 19.0 Å². The van der Waals surface area contributed by atoms with Crippen molar-refractivity contribution in [3.05, 3.63) is 89.4 Å². The number of nitrogens with zero attached hydrogens (tertiary/aromatic N) is 3. The number of benzene rings is 2. The number of aromatic nitrogens is 2. The van der Waals surface area contributed by atoms with Gasteiger partial charge < -0.3 is 23.5 Å². The zero-order valence-corrected chi connectivity index (χ0v) is 20.2. The molecule has 0 N–H and O–H groups in total. The van der Waals surface area contributed by atoms with E-state index in [-0.39, 0.29) is 11.9 Å². The molecule has 0 radical (unpaired) electrons. The summed E-state index contributed by atoms with van der Waals surface area (Å²) in [6.07, 6.45) is 5.84. The van der Waals surface area contributed by atoms with Gasteiger partial charge in [0.2, 0.25) is 0 Å². The average molecular weight is 472 g/mol. The molecule has 1 aliphatic heterocycles. The minimum Gasteiger partial charge on any atom is -0.497 e. The molecule has 5 rings (SSSR count). The number of amides is 1. The van der Waals surface area contributed by atoms with Crippen LogP contribution in [-0.2, 0) is 6.61 Å². The van der Waals surface area contributed by atoms with Crippen molar-refractivity contribution >= 4 is 11.6 Å². The molecule has 2 aromatic heterocycles. The number of imidazole rings is 1. The van der Waals surface area contributed by atoms with E-state index < -0.39 is 0 Å². The van der Waals surface area contributed by atoms with Gasteiger partial charge in [-0.15, -0.1) is 0 Å². The van der Waals surface area contributed by atoms with Gasteiger partial charge in [-0.3, -0.25) is 4.79 Å². The van der Waals surface area contributed by atoms with Crippen molar-refractivity contribution in [1.29, 1.82) is 0 Å². The molecule has 4 aromatic rings. The van der Waals surface area contributed by atoms with Crippen molar-refractivity contribution in [1.82, 2.24) is 14.3 Å². The lowest BCUT2D eigenvalue weighted by Gasteiger charge is -2.27. The third kappa shape index (κ3) is 4.67. The molecule has 0 spiro atoms. The number of rotatable bonds is 7. The highest BCUT2D eigenvalue weighted by atomic mass is 16.5. The van der Waals surface area contributed by atoms with Gasteiger partial charge in [-0.1, -0.05) is 6.07 Å². The minimum atomic E-state index is -0.0536. The Bertz CT molecular complexity index is 1350. The van der Waals surface area contributed by atoms with Crippen molar-refractivity contribution in [2.75, 3.05) is 20.8 Å². The van der Waals surface area contributed by atoms with Crippen LogP contribution in [0.3, 0.4) is 0 Å². The second kappa shape index (κ2) is 9.70. The molecule has 180 valence electrons. The van der Waals surface area contributed by atoms with Crippen molar-refractivity contribution in [2.45, 2.75) is 32.4 Å². The number of carbonyl (C=O) groups excluding carboxylic acids is 1. The minimum absolute atomic E-state index is 0.000330. The van der Waals surface area contributed by atoms with E-state index >= 15 is 0 Å². The largest absolute Gasteiger partial charge is 0.497 e. The quantitative estimate of drug-likeness (QED) is 0.370. The standard InChI is InChI=1S/C28H29N3O4/c1-19-6-13-27-29-21(17-30(27)16-19)18-35-22-9-7-20(8-10-22)28(32)31-14-4-5-25(31)24-15-23(33-2)11-12-26(24)34-3/h6-13,15-17,25H,4-5,14,18H2,1-3H3. The first-order valence-electron chi connectivity index (χ1n) is 11.8. The molecule has 0 bridgehead atoms. The van der Waals surface area contributed by atoms with E-state index in [0.717, 1.165) is 41.2 Å². The molecule has 1 unspecified atom stereocenters. The normalized spacial score (nSPS) is 15.4. The van der Waals surface area contributed by atoms with Crippen LogP contribution in [0.2, 0.25) is 0 Å². The van der Waals surface area contributed by atoms with E-state index in [1.807, 2.05) is 76.3 Å². The number of hydrogen-bond donors (Lipinski definition) is 0. The fourth-order valence-electron chi connectivity index (χ4n) is 4.67. The fraction of sp³-hybridized carbons (Fsp3) is 0.286. The van der Waals surface area contributed by atoms with Crippen LogP contribution >= 0.6 is 0 Å². The maximum Gasteiger partial charge on any atom is 0.254 e. The van der Waals surface area contributed by atoms with E-state index in [2.05, 4.69) is 11.9 Å². The van der Waals surface area contributed by atoms with Gasteiger partial charge in [0, 0.05) is 30.1 Å². The van der Waals surface area contributed by atoms with Crippen LogP contribution in [0.4, 0.5) is 0 Å². The summed E-state index contributed by atoms with van der Waals surface area (Å²) in [4.78, 5) is 19.9. The van der Waals surface area contributed by atoms with Crippen LogP contribution < -0.4 is 14.2 Å². The molecule has 1 aliphatic rings. The Morgan fingerprint density at radius 1 is 1.00 bits per heavy atom. The third-order valence-corrected chi connectivity index (χ3v) is 6.45. The Hall–Kier alpha value is -4.00. The molecular formula is C28H29N3O4. The smallest absolute Gasteiger partial charge is 0.254 e. The molecule has 0 aliphatic carbocycles. The number of hydrogen-bond acceptors (Lipinski definition) is 5. The Kier molecular flexibility index (Phi) is 6.31. The van der Waals surface area contributed by atoms with Gasteiger partial charge >= 0.3 is 0 Å². The maximum atomic E-state index is 13.4. The molecular weight excluding hydrogens is 442 g/mol. The second-order valence-electron chi connectivity index (χ2n) is 8.78. The molecule has 1 amide bonds. The van der Waals surface area contributed by atoms with Gasteiger partial charge in [-0.05, 0) is 73.9 Å². The Labute approximate surface area is 204 Å². The lowest BCUT2D eigenvalue weighted by Crippen LogP contribution is -2.30. The van der Waals surface area contributed by atoms with E-state index in [4.69, 9.17) is 14.2 Å². The molecule has 1 atom stereocenters. The summed E-state index contributed by atoms with van der Waals surface area (Å²) in [5.41, 5.74) is 4.52. The van der Waals surface area contributed by atoms with Gasteiger partial charge in [0.25, 0.3) is 5.91 Å². The second-order valence-corrected chi connectivity index (χ2v) is 8.78. The first-order valence-corrected chi connectivity index (χ1v) is 11.8. The molecule has 2 aromatic carbocycles. The molecule has 7 nitrogen and oxygen atoms in total. The Morgan fingerprint density at radius 3 is 2.57 bits per heavy atom. The molecule has 1 saturated heterocycles. The highest BCUT2D eigenvalue weighted by Gasteiger charge is 2.32. The van der Waals surface area contributed by atoms with Crippen LogP contribution in [0.5, 0.6) is 17.2 Å². The fourth-order valence-corrected chi connectivity index (χ4v) is 4.67. The number of aryl methyl sites for hydroxylation is 1. The lowest BCUT2D eigenvalue weighted by molar-refractivity contribution is 0.0734. The number of pyridine rings is 1. The Balaban J connectivity index is 1.28. The van der Waals surface area contributed by atoms with Crippen molar-refractivity contribution in [2.24, 2.45) is 0 Å². The van der Waals surface area contributed by atoms with Crippen molar-refractivity contribution in [3.63, 3.8) is 0 Å². The molecule has 3 heterocycles. The Morgan fingerprint density at radius 2 is 1.80 bits per heavy atom. The van der Waals surface area contributed by atoms with E-state index in [1.165, 1.54) is 5.56 Å². The van der Waals surface area contributed by atoms with Gasteiger partial charge in [0.15, 0.2) is 0 Å². The zero-order valence-electron chi connectivity index (χ0n) is 20.2. The number of carbonyl (C=O) groups is 1. The molecule has 0 saturated carbocycles. The highest BCUT2D eigenvalue weighted by molar-refractivity contribution is 5.94. The van der Waals surface area contributed by atoms with E-state index in [1.54, 1.807) is 14.2 Å². The summed E-state index contributed by atoms with van der Waals surface area (Å²) in [6, 6.07) is 17.0. The topological polar surface area (TPSA) is 65.3 Å². The monoisotopic (exact) mass is 471 g/mol. The van der Waals surface area contributed by atoms with E-state index in [0.29, 0.717) is 24.5 Å². The summed E-state index contributed by atoms with van der Waals surface area (Å²) in [7, 11) is 3.29. The maximum absolute atomic E-state index is 13.4. The third-order valence-electron chi connectivity index (χ3n) is 6.45. The van der Waals surface area contributed by atoms with Gasteiger partial charge in [-0.2, -0.15) is 0 Å². The van der Waals surface area contributed by atoms with E-state index in [9.17, 15) is 4.79 Å². The van der Waals surface area contributed by atoms with Crippen LogP contribution in [0.1, 0.15) is 46.1 Å². The summed E-state index contributed by atoms with van der Waals surface area (Å²) < 4.78 is 18.9. The number of ether oxygens (including phenoxy) is 3. The summed E-state index contributed by atoms with van der Waals surface area (Å²) in [6.45, 7) is 3.11.